The topological polar surface area (TPSA) is 124 Å². The third kappa shape index (κ3) is 5.63. The molecular formula is C29H33ClN2O6. The van der Waals surface area contributed by atoms with Crippen LogP contribution in [0.25, 0.3) is 11.3 Å². The fourth-order valence-electron chi connectivity index (χ4n) is 4.41. The van der Waals surface area contributed by atoms with Crippen LogP contribution in [0, 0.1) is 6.92 Å². The number of benzene rings is 2. The molecule has 2 heterocycles. The molecule has 0 spiro atoms. The molecule has 38 heavy (non-hydrogen) atoms. The lowest BCUT2D eigenvalue weighted by Gasteiger charge is -2.25. The maximum Gasteiger partial charge on any atom is 0.163 e. The number of aryl methyl sites for hydroxylation is 1. The van der Waals surface area contributed by atoms with E-state index in [9.17, 15) is 9.90 Å². The number of hydrogen-bond donors (Lipinski definition) is 3. The highest BCUT2D eigenvalue weighted by Gasteiger charge is 2.38. The molecule has 0 fully saturated rings. The first-order valence-corrected chi connectivity index (χ1v) is 12.8. The van der Waals surface area contributed by atoms with Gasteiger partial charge in [-0.1, -0.05) is 17.7 Å². The average Bonchev–Trinajstić information content (AvgIpc) is 3.21. The molecule has 0 saturated heterocycles. The fourth-order valence-corrected chi connectivity index (χ4v) is 4.53. The van der Waals surface area contributed by atoms with Crippen molar-refractivity contribution < 1.29 is 29.2 Å². The van der Waals surface area contributed by atoms with E-state index in [1.165, 1.54) is 7.11 Å². The monoisotopic (exact) mass is 540 g/mol. The Balaban J connectivity index is 1.62. The summed E-state index contributed by atoms with van der Waals surface area (Å²) < 4.78 is 16.7. The van der Waals surface area contributed by atoms with Gasteiger partial charge in [-0.15, -0.1) is 0 Å². The number of nitrogens with zero attached hydrogens (tertiary/aromatic N) is 1. The van der Waals surface area contributed by atoms with Crippen molar-refractivity contribution in [3.63, 3.8) is 0 Å². The van der Waals surface area contributed by atoms with Crippen LogP contribution in [0.3, 0.4) is 0 Å². The lowest BCUT2D eigenvalue weighted by molar-refractivity contribution is 0.0396. The van der Waals surface area contributed by atoms with Gasteiger partial charge in [-0.3, -0.25) is 4.79 Å². The van der Waals surface area contributed by atoms with E-state index in [0.717, 1.165) is 16.7 Å². The zero-order valence-corrected chi connectivity index (χ0v) is 22.8. The van der Waals surface area contributed by atoms with Crippen LogP contribution in [0.2, 0.25) is 5.02 Å². The van der Waals surface area contributed by atoms with Crippen molar-refractivity contribution in [3.05, 3.63) is 69.9 Å². The minimum absolute atomic E-state index is 0.0670. The second-order valence-electron chi connectivity index (χ2n) is 10.0. The second kappa shape index (κ2) is 10.9. The number of carbonyl (C=O) groups is 1. The SMILES string of the molecule is COc1cc(C(=O)CCC(C)(O)c2cc3c(c(-c4ccc(Cl)c(C)c4)n2)OCC3(C)N)ccc1OCCO. The molecule has 4 N–H and O–H groups in total. The van der Waals surface area contributed by atoms with Crippen LogP contribution in [0.4, 0.5) is 0 Å². The molecule has 0 radical (unpaired) electrons. The molecule has 0 saturated carbocycles. The number of carbonyl (C=O) groups excluding carboxylic acids is 1. The van der Waals surface area contributed by atoms with Crippen LogP contribution in [-0.4, -0.2) is 47.9 Å². The molecule has 1 aromatic heterocycles. The number of pyridine rings is 1. The predicted molar refractivity (Wildman–Crippen MR) is 145 cm³/mol. The summed E-state index contributed by atoms with van der Waals surface area (Å²) in [5.41, 5.74) is 8.18. The van der Waals surface area contributed by atoms with Crippen LogP contribution in [0.15, 0.2) is 42.5 Å². The van der Waals surface area contributed by atoms with Gasteiger partial charge in [-0.2, -0.15) is 0 Å². The van der Waals surface area contributed by atoms with Gasteiger partial charge in [-0.25, -0.2) is 4.98 Å². The maximum absolute atomic E-state index is 13.0. The Bertz CT molecular complexity index is 1360. The molecule has 0 amide bonds. The van der Waals surface area contributed by atoms with Crippen molar-refractivity contribution >= 4 is 17.4 Å². The van der Waals surface area contributed by atoms with E-state index in [1.807, 2.05) is 26.0 Å². The van der Waals surface area contributed by atoms with Crippen molar-refractivity contribution in [2.24, 2.45) is 5.73 Å². The van der Waals surface area contributed by atoms with Crippen molar-refractivity contribution in [2.45, 2.75) is 44.8 Å². The Morgan fingerprint density at radius 2 is 2.00 bits per heavy atom. The zero-order valence-electron chi connectivity index (χ0n) is 22.0. The van der Waals surface area contributed by atoms with Crippen molar-refractivity contribution in [1.82, 2.24) is 4.98 Å². The van der Waals surface area contributed by atoms with Gasteiger partial charge in [0.1, 0.15) is 24.5 Å². The van der Waals surface area contributed by atoms with Crippen LogP contribution in [0.1, 0.15) is 53.9 Å². The van der Waals surface area contributed by atoms with E-state index in [0.29, 0.717) is 39.2 Å². The number of rotatable bonds is 10. The Morgan fingerprint density at radius 3 is 2.68 bits per heavy atom. The normalized spacial score (nSPS) is 17.9. The molecule has 8 nitrogen and oxygen atoms in total. The summed E-state index contributed by atoms with van der Waals surface area (Å²) in [6.45, 7) is 5.69. The summed E-state index contributed by atoms with van der Waals surface area (Å²) in [5.74, 6) is 1.24. The Labute approximate surface area is 227 Å². The largest absolute Gasteiger partial charge is 0.493 e. The number of aliphatic hydroxyl groups excluding tert-OH is 1. The highest BCUT2D eigenvalue weighted by atomic mass is 35.5. The molecule has 9 heteroatoms. The third-order valence-corrected chi connectivity index (χ3v) is 7.19. The summed E-state index contributed by atoms with van der Waals surface area (Å²) in [4.78, 5) is 17.8. The Hall–Kier alpha value is -3.17. The first-order chi connectivity index (χ1) is 18.0. The number of hydrogen-bond acceptors (Lipinski definition) is 8. The first-order valence-electron chi connectivity index (χ1n) is 12.4. The number of Topliss-reactive ketones (excluding diaryl/α,β-unsaturated/α-hetero) is 1. The second-order valence-corrected chi connectivity index (χ2v) is 10.4. The number of fused-ring (bicyclic) bond motifs is 1. The highest BCUT2D eigenvalue weighted by Crippen LogP contribution is 2.44. The molecule has 1 aliphatic heterocycles. The van der Waals surface area contributed by atoms with Gasteiger partial charge in [-0.05, 0) is 69.2 Å². The Kier molecular flexibility index (Phi) is 7.99. The van der Waals surface area contributed by atoms with Gasteiger partial charge in [0.2, 0.25) is 0 Å². The lowest BCUT2D eigenvalue weighted by atomic mass is 9.88. The van der Waals surface area contributed by atoms with Crippen LogP contribution < -0.4 is 19.9 Å². The zero-order chi connectivity index (χ0) is 27.7. The molecule has 2 atom stereocenters. The van der Waals surface area contributed by atoms with Crippen LogP contribution >= 0.6 is 11.6 Å². The smallest absolute Gasteiger partial charge is 0.163 e. The molecule has 0 aliphatic carbocycles. The molecule has 202 valence electrons. The quantitative estimate of drug-likeness (QED) is 0.320. The van der Waals surface area contributed by atoms with Crippen molar-refractivity contribution in [3.8, 4) is 28.5 Å². The van der Waals surface area contributed by atoms with Crippen molar-refractivity contribution in [2.75, 3.05) is 26.9 Å². The van der Waals surface area contributed by atoms with E-state index < -0.39 is 11.1 Å². The van der Waals surface area contributed by atoms with E-state index in [4.69, 9.17) is 41.6 Å². The summed E-state index contributed by atoms with van der Waals surface area (Å²) in [6, 6.07) is 12.2. The van der Waals surface area contributed by atoms with Gasteiger partial charge in [0.05, 0.1) is 24.9 Å². The van der Waals surface area contributed by atoms with Crippen LogP contribution in [-0.2, 0) is 11.1 Å². The number of ketones is 1. The number of aliphatic hydroxyl groups is 2. The van der Waals surface area contributed by atoms with Crippen LogP contribution in [0.5, 0.6) is 17.2 Å². The fraction of sp³-hybridized carbons (Fsp3) is 0.379. The third-order valence-electron chi connectivity index (χ3n) is 6.76. The molecule has 1 aliphatic rings. The standard InChI is InChI=1S/C29H33ClN2O6/c1-17-13-19(5-7-21(17)30)26-27-20(28(2,31)16-38-27)15-25(32-26)29(3,35)10-9-22(34)18-6-8-23(37-12-11-33)24(14-18)36-4/h5-8,13-15,33,35H,9-12,16,31H2,1-4H3. The van der Waals surface area contributed by atoms with E-state index >= 15 is 0 Å². The Morgan fingerprint density at radius 1 is 1.24 bits per heavy atom. The number of ether oxygens (including phenoxy) is 3. The number of halogens is 1. The maximum atomic E-state index is 13.0. The van der Waals surface area contributed by atoms with Gasteiger partial charge in [0.15, 0.2) is 23.0 Å². The van der Waals surface area contributed by atoms with Gasteiger partial charge in [0, 0.05) is 28.1 Å². The predicted octanol–water partition coefficient (Wildman–Crippen LogP) is 4.53. The summed E-state index contributed by atoms with van der Waals surface area (Å²) in [7, 11) is 1.48. The van der Waals surface area contributed by atoms with Gasteiger partial charge >= 0.3 is 0 Å². The molecule has 3 aromatic rings. The molecule has 2 aromatic carbocycles. The number of nitrogens with two attached hydrogens (primary N) is 1. The average molecular weight is 541 g/mol. The molecule has 2 unspecified atom stereocenters. The molecular weight excluding hydrogens is 508 g/mol. The molecule has 4 rings (SSSR count). The van der Waals surface area contributed by atoms with E-state index in [1.54, 1.807) is 37.3 Å². The molecule has 0 bridgehead atoms. The van der Waals surface area contributed by atoms with Crippen molar-refractivity contribution in [1.29, 1.82) is 0 Å². The lowest BCUT2D eigenvalue weighted by Crippen LogP contribution is -2.35. The van der Waals surface area contributed by atoms with E-state index in [2.05, 4.69) is 0 Å². The number of aromatic nitrogens is 1. The highest BCUT2D eigenvalue weighted by molar-refractivity contribution is 6.31. The summed E-state index contributed by atoms with van der Waals surface area (Å²) in [6.07, 6.45) is 0.196. The minimum Gasteiger partial charge on any atom is -0.493 e. The minimum atomic E-state index is -1.42. The number of methoxy groups -OCH3 is 1. The first kappa shape index (κ1) is 27.9. The van der Waals surface area contributed by atoms with Gasteiger partial charge < -0.3 is 30.2 Å². The summed E-state index contributed by atoms with van der Waals surface area (Å²) >= 11 is 6.24. The van der Waals surface area contributed by atoms with Gasteiger partial charge in [0.25, 0.3) is 0 Å². The van der Waals surface area contributed by atoms with E-state index in [-0.39, 0.29) is 38.4 Å². The summed E-state index contributed by atoms with van der Waals surface area (Å²) in [5, 5.41) is 21.1.